The Labute approximate surface area is 118 Å². The smallest absolute Gasteiger partial charge is 0.123 e. The molecule has 1 rings (SSSR count). The molecule has 1 aromatic rings. The molecule has 0 amide bonds. The molecule has 0 bridgehead atoms. The van der Waals surface area contributed by atoms with Gasteiger partial charge in [-0.05, 0) is 55.9 Å². The van der Waals surface area contributed by atoms with Crippen molar-refractivity contribution < 1.29 is 4.74 Å². The third kappa shape index (κ3) is 4.24. The molecule has 0 aromatic heterocycles. The van der Waals surface area contributed by atoms with Gasteiger partial charge in [-0.25, -0.2) is 0 Å². The second-order valence-corrected chi connectivity index (χ2v) is 5.96. The molecule has 0 spiro atoms. The summed E-state index contributed by atoms with van der Waals surface area (Å²) in [6, 6.07) is 4.54. The third-order valence-corrected chi connectivity index (χ3v) is 3.38. The standard InChI is InChI=1S/C17H29NO/c1-7-8-16(18)15-10-14(11(2)3)17(9-13(15)6)19-12(4)5/h9-12,16H,7-8,18H2,1-6H3. The fourth-order valence-electron chi connectivity index (χ4n) is 2.39. The van der Waals surface area contributed by atoms with Gasteiger partial charge in [0, 0.05) is 6.04 Å². The quantitative estimate of drug-likeness (QED) is 0.807. The molecule has 1 aromatic carbocycles. The molecule has 2 nitrogen and oxygen atoms in total. The van der Waals surface area contributed by atoms with Crippen LogP contribution in [0.5, 0.6) is 5.75 Å². The minimum Gasteiger partial charge on any atom is -0.491 e. The third-order valence-electron chi connectivity index (χ3n) is 3.38. The molecule has 1 atom stereocenters. The van der Waals surface area contributed by atoms with Crippen LogP contribution in [-0.4, -0.2) is 6.10 Å². The maximum Gasteiger partial charge on any atom is 0.123 e. The molecule has 0 aliphatic rings. The van der Waals surface area contributed by atoms with Crippen molar-refractivity contribution in [3.8, 4) is 5.75 Å². The van der Waals surface area contributed by atoms with Crippen molar-refractivity contribution in [1.82, 2.24) is 0 Å². The molecule has 1 unspecified atom stereocenters. The number of hydrogen-bond donors (Lipinski definition) is 1. The van der Waals surface area contributed by atoms with E-state index in [1.807, 2.05) is 0 Å². The van der Waals surface area contributed by atoms with E-state index in [1.54, 1.807) is 0 Å². The van der Waals surface area contributed by atoms with Gasteiger partial charge in [0.15, 0.2) is 0 Å². The van der Waals surface area contributed by atoms with E-state index in [4.69, 9.17) is 10.5 Å². The van der Waals surface area contributed by atoms with Crippen molar-refractivity contribution in [2.24, 2.45) is 5.73 Å². The van der Waals surface area contributed by atoms with Gasteiger partial charge in [0.25, 0.3) is 0 Å². The molecule has 0 aliphatic heterocycles. The van der Waals surface area contributed by atoms with E-state index < -0.39 is 0 Å². The summed E-state index contributed by atoms with van der Waals surface area (Å²) in [5, 5.41) is 0. The number of ether oxygens (including phenoxy) is 1. The Bertz CT molecular complexity index is 410. The molecule has 0 saturated heterocycles. The Hall–Kier alpha value is -1.02. The summed E-state index contributed by atoms with van der Waals surface area (Å²) in [5.74, 6) is 1.46. The Balaban J connectivity index is 3.20. The number of rotatable bonds is 6. The number of nitrogens with two attached hydrogens (primary N) is 1. The molecular weight excluding hydrogens is 234 g/mol. The van der Waals surface area contributed by atoms with Crippen molar-refractivity contribution in [2.45, 2.75) is 72.4 Å². The number of aryl methyl sites for hydroxylation is 1. The van der Waals surface area contributed by atoms with E-state index in [-0.39, 0.29) is 12.1 Å². The largest absolute Gasteiger partial charge is 0.491 e. The topological polar surface area (TPSA) is 35.2 Å². The molecule has 108 valence electrons. The summed E-state index contributed by atoms with van der Waals surface area (Å²) in [7, 11) is 0. The van der Waals surface area contributed by atoms with Gasteiger partial charge >= 0.3 is 0 Å². The van der Waals surface area contributed by atoms with Gasteiger partial charge in [-0.15, -0.1) is 0 Å². The maximum absolute atomic E-state index is 6.29. The van der Waals surface area contributed by atoms with Gasteiger partial charge in [0.05, 0.1) is 6.10 Å². The minimum atomic E-state index is 0.135. The van der Waals surface area contributed by atoms with E-state index >= 15 is 0 Å². The predicted molar refractivity (Wildman–Crippen MR) is 82.9 cm³/mol. The zero-order valence-electron chi connectivity index (χ0n) is 13.3. The lowest BCUT2D eigenvalue weighted by molar-refractivity contribution is 0.239. The second-order valence-electron chi connectivity index (χ2n) is 5.96. The van der Waals surface area contributed by atoms with Crippen LogP contribution in [0.4, 0.5) is 0 Å². The summed E-state index contributed by atoms with van der Waals surface area (Å²) in [5.41, 5.74) is 10.1. The van der Waals surface area contributed by atoms with Gasteiger partial charge in [0.2, 0.25) is 0 Å². The van der Waals surface area contributed by atoms with Crippen molar-refractivity contribution >= 4 is 0 Å². The summed E-state index contributed by atoms with van der Waals surface area (Å²) in [6.45, 7) is 12.8. The second kappa shape index (κ2) is 6.95. The van der Waals surface area contributed by atoms with Gasteiger partial charge < -0.3 is 10.5 Å². The fourth-order valence-corrected chi connectivity index (χ4v) is 2.39. The van der Waals surface area contributed by atoms with Crippen LogP contribution in [0.25, 0.3) is 0 Å². The molecule has 0 radical (unpaired) electrons. The van der Waals surface area contributed by atoms with Crippen LogP contribution in [0.15, 0.2) is 12.1 Å². The minimum absolute atomic E-state index is 0.135. The maximum atomic E-state index is 6.29. The lowest BCUT2D eigenvalue weighted by atomic mass is 9.92. The van der Waals surface area contributed by atoms with Crippen molar-refractivity contribution in [3.63, 3.8) is 0 Å². The van der Waals surface area contributed by atoms with E-state index in [2.05, 4.69) is 53.7 Å². The van der Waals surface area contributed by atoms with Crippen molar-refractivity contribution in [3.05, 3.63) is 28.8 Å². The average Bonchev–Trinajstić information content (AvgIpc) is 2.27. The van der Waals surface area contributed by atoms with Crippen LogP contribution >= 0.6 is 0 Å². The summed E-state index contributed by atoms with van der Waals surface area (Å²) < 4.78 is 5.94. The van der Waals surface area contributed by atoms with E-state index in [0.29, 0.717) is 5.92 Å². The van der Waals surface area contributed by atoms with Crippen LogP contribution in [0.2, 0.25) is 0 Å². The normalized spacial score (nSPS) is 13.1. The first kappa shape index (κ1) is 16.0. The Morgan fingerprint density at radius 1 is 1.11 bits per heavy atom. The van der Waals surface area contributed by atoms with Gasteiger partial charge in [-0.1, -0.05) is 33.3 Å². The number of benzene rings is 1. The van der Waals surface area contributed by atoms with Crippen molar-refractivity contribution in [1.29, 1.82) is 0 Å². The Morgan fingerprint density at radius 3 is 2.21 bits per heavy atom. The molecule has 2 heteroatoms. The molecule has 0 aliphatic carbocycles. The monoisotopic (exact) mass is 263 g/mol. The molecular formula is C17H29NO. The Kier molecular flexibility index (Phi) is 5.86. The van der Waals surface area contributed by atoms with Gasteiger partial charge in [0.1, 0.15) is 5.75 Å². The predicted octanol–water partition coefficient (Wildman–Crippen LogP) is 4.71. The SMILES string of the molecule is CCCC(N)c1cc(C(C)C)c(OC(C)C)cc1C. The highest BCUT2D eigenvalue weighted by Gasteiger charge is 2.16. The first-order chi connectivity index (χ1) is 8.86. The van der Waals surface area contributed by atoms with Gasteiger partial charge in [-0.2, -0.15) is 0 Å². The van der Waals surface area contributed by atoms with Crippen molar-refractivity contribution in [2.75, 3.05) is 0 Å². The van der Waals surface area contributed by atoms with Crippen LogP contribution in [0.1, 0.15) is 76.1 Å². The zero-order chi connectivity index (χ0) is 14.6. The average molecular weight is 263 g/mol. The molecule has 19 heavy (non-hydrogen) atoms. The van der Waals surface area contributed by atoms with E-state index in [1.165, 1.54) is 16.7 Å². The molecule has 0 saturated carbocycles. The lowest BCUT2D eigenvalue weighted by Crippen LogP contribution is -2.14. The zero-order valence-corrected chi connectivity index (χ0v) is 13.3. The summed E-state index contributed by atoms with van der Waals surface area (Å²) >= 11 is 0. The molecule has 0 heterocycles. The first-order valence-electron chi connectivity index (χ1n) is 7.43. The Morgan fingerprint density at radius 2 is 1.74 bits per heavy atom. The van der Waals surface area contributed by atoms with E-state index in [9.17, 15) is 0 Å². The summed E-state index contributed by atoms with van der Waals surface area (Å²) in [4.78, 5) is 0. The van der Waals surface area contributed by atoms with Crippen LogP contribution < -0.4 is 10.5 Å². The van der Waals surface area contributed by atoms with E-state index in [0.717, 1.165) is 18.6 Å². The molecule has 0 fully saturated rings. The van der Waals surface area contributed by atoms with Gasteiger partial charge in [-0.3, -0.25) is 0 Å². The first-order valence-corrected chi connectivity index (χ1v) is 7.43. The highest BCUT2D eigenvalue weighted by atomic mass is 16.5. The molecule has 2 N–H and O–H groups in total. The van der Waals surface area contributed by atoms with Crippen LogP contribution in [0.3, 0.4) is 0 Å². The number of hydrogen-bond acceptors (Lipinski definition) is 2. The fraction of sp³-hybridized carbons (Fsp3) is 0.647. The lowest BCUT2D eigenvalue weighted by Gasteiger charge is -2.22. The summed E-state index contributed by atoms with van der Waals surface area (Å²) in [6.07, 6.45) is 2.34. The highest BCUT2D eigenvalue weighted by molar-refractivity contribution is 5.45. The van der Waals surface area contributed by atoms with Crippen LogP contribution in [-0.2, 0) is 0 Å². The van der Waals surface area contributed by atoms with Crippen LogP contribution in [0, 0.1) is 6.92 Å². The highest BCUT2D eigenvalue weighted by Crippen LogP contribution is 2.33.